The molecule has 1 amide bonds. The standard InChI is InChI=1S/C15H16FN3O3/c1-4-11(15(21)22)19-14(20)10-5-9(16)6-12-13(10)18-8(3)7(2)17-12/h5-6,11H,4H2,1-3H3,(H,19,20)(H,21,22). The summed E-state index contributed by atoms with van der Waals surface area (Å²) in [5.41, 5.74) is 1.75. The van der Waals surface area contributed by atoms with Gasteiger partial charge in [-0.05, 0) is 26.3 Å². The van der Waals surface area contributed by atoms with E-state index in [-0.39, 0.29) is 23.0 Å². The van der Waals surface area contributed by atoms with Crippen molar-refractivity contribution in [1.82, 2.24) is 15.3 Å². The Hall–Kier alpha value is -2.57. The molecule has 2 aromatic rings. The van der Waals surface area contributed by atoms with Gasteiger partial charge in [-0.1, -0.05) is 6.92 Å². The van der Waals surface area contributed by atoms with Crippen LogP contribution in [0.5, 0.6) is 0 Å². The van der Waals surface area contributed by atoms with E-state index < -0.39 is 23.7 Å². The van der Waals surface area contributed by atoms with Gasteiger partial charge in [0.15, 0.2) is 0 Å². The first-order valence-corrected chi connectivity index (χ1v) is 6.81. The molecule has 0 fully saturated rings. The fourth-order valence-corrected chi connectivity index (χ4v) is 2.05. The molecule has 2 rings (SSSR count). The molecule has 2 N–H and O–H groups in total. The highest BCUT2D eigenvalue weighted by molar-refractivity contribution is 6.05. The molecule has 0 saturated carbocycles. The summed E-state index contributed by atoms with van der Waals surface area (Å²) in [6.07, 6.45) is 0.220. The third-order valence-corrected chi connectivity index (χ3v) is 3.40. The molecule has 0 bridgehead atoms. The van der Waals surface area contributed by atoms with Crippen molar-refractivity contribution in [3.05, 3.63) is 34.9 Å². The average Bonchev–Trinajstić information content (AvgIpc) is 2.45. The lowest BCUT2D eigenvalue weighted by molar-refractivity contribution is -0.139. The SMILES string of the molecule is CCC(NC(=O)c1cc(F)cc2nc(C)c(C)nc12)C(=O)O. The number of aliphatic carboxylic acids is 1. The van der Waals surface area contributed by atoms with Gasteiger partial charge in [-0.15, -0.1) is 0 Å². The predicted octanol–water partition coefficient (Wildman–Crippen LogP) is 1.98. The van der Waals surface area contributed by atoms with Crippen molar-refractivity contribution in [2.45, 2.75) is 33.2 Å². The second kappa shape index (κ2) is 6.05. The van der Waals surface area contributed by atoms with Crippen LogP contribution in [0.2, 0.25) is 0 Å². The fourth-order valence-electron chi connectivity index (χ4n) is 2.05. The maximum Gasteiger partial charge on any atom is 0.326 e. The number of carboxylic acids is 1. The van der Waals surface area contributed by atoms with Crippen LogP contribution in [0.1, 0.15) is 35.1 Å². The van der Waals surface area contributed by atoms with E-state index in [2.05, 4.69) is 15.3 Å². The highest BCUT2D eigenvalue weighted by Gasteiger charge is 2.21. The highest BCUT2D eigenvalue weighted by atomic mass is 19.1. The average molecular weight is 305 g/mol. The Balaban J connectivity index is 2.52. The predicted molar refractivity (Wildman–Crippen MR) is 78.2 cm³/mol. The number of nitrogens with one attached hydrogen (secondary N) is 1. The molecule has 1 heterocycles. The monoisotopic (exact) mass is 305 g/mol. The molecule has 6 nitrogen and oxygen atoms in total. The third-order valence-electron chi connectivity index (χ3n) is 3.40. The number of carbonyl (C=O) groups is 2. The van der Waals surface area contributed by atoms with Crippen molar-refractivity contribution in [2.75, 3.05) is 0 Å². The number of amides is 1. The van der Waals surface area contributed by atoms with E-state index in [9.17, 15) is 14.0 Å². The molecule has 0 aliphatic heterocycles. The number of nitrogens with zero attached hydrogens (tertiary/aromatic N) is 2. The van der Waals surface area contributed by atoms with Crippen LogP contribution in [0.25, 0.3) is 11.0 Å². The van der Waals surface area contributed by atoms with E-state index in [1.807, 2.05) is 0 Å². The lowest BCUT2D eigenvalue weighted by Gasteiger charge is -2.13. The smallest absolute Gasteiger partial charge is 0.326 e. The summed E-state index contributed by atoms with van der Waals surface area (Å²) in [5, 5.41) is 11.4. The molecule has 1 atom stereocenters. The molecule has 0 aliphatic rings. The Morgan fingerprint density at radius 3 is 2.50 bits per heavy atom. The normalized spacial score (nSPS) is 12.2. The van der Waals surface area contributed by atoms with Crippen LogP contribution in [-0.2, 0) is 4.79 Å². The minimum atomic E-state index is -1.14. The van der Waals surface area contributed by atoms with E-state index >= 15 is 0 Å². The Kier molecular flexibility index (Phi) is 4.35. The van der Waals surface area contributed by atoms with Gasteiger partial charge in [-0.3, -0.25) is 4.79 Å². The van der Waals surface area contributed by atoms with Gasteiger partial charge in [0.25, 0.3) is 5.91 Å². The number of fused-ring (bicyclic) bond motifs is 1. The number of carboxylic acid groups (broad SMARTS) is 1. The van der Waals surface area contributed by atoms with Crippen LogP contribution in [-0.4, -0.2) is 33.0 Å². The zero-order chi connectivity index (χ0) is 16.4. The quantitative estimate of drug-likeness (QED) is 0.901. The topological polar surface area (TPSA) is 92.2 Å². The lowest BCUT2D eigenvalue weighted by atomic mass is 10.1. The van der Waals surface area contributed by atoms with E-state index in [1.54, 1.807) is 20.8 Å². The zero-order valence-corrected chi connectivity index (χ0v) is 12.5. The second-order valence-corrected chi connectivity index (χ2v) is 4.99. The van der Waals surface area contributed by atoms with Gasteiger partial charge in [0.2, 0.25) is 0 Å². The Bertz CT molecular complexity index is 761. The first-order valence-electron chi connectivity index (χ1n) is 6.81. The van der Waals surface area contributed by atoms with Crippen LogP contribution in [0.15, 0.2) is 12.1 Å². The van der Waals surface area contributed by atoms with Gasteiger partial charge in [0, 0.05) is 6.07 Å². The molecule has 0 saturated heterocycles. The van der Waals surface area contributed by atoms with Crippen LogP contribution < -0.4 is 5.32 Å². The first-order chi connectivity index (χ1) is 10.3. The lowest BCUT2D eigenvalue weighted by Crippen LogP contribution is -2.40. The number of hydrogen-bond acceptors (Lipinski definition) is 4. The second-order valence-electron chi connectivity index (χ2n) is 4.99. The van der Waals surface area contributed by atoms with Gasteiger partial charge in [0.1, 0.15) is 17.4 Å². The summed E-state index contributed by atoms with van der Waals surface area (Å²) in [4.78, 5) is 31.8. The van der Waals surface area contributed by atoms with Gasteiger partial charge < -0.3 is 10.4 Å². The van der Waals surface area contributed by atoms with E-state index in [0.29, 0.717) is 11.4 Å². The minimum Gasteiger partial charge on any atom is -0.480 e. The van der Waals surface area contributed by atoms with Crippen LogP contribution >= 0.6 is 0 Å². The van der Waals surface area contributed by atoms with E-state index in [1.165, 1.54) is 6.07 Å². The number of rotatable bonds is 4. The third kappa shape index (κ3) is 3.03. The zero-order valence-electron chi connectivity index (χ0n) is 12.5. The number of carbonyl (C=O) groups excluding carboxylic acids is 1. The van der Waals surface area contributed by atoms with Crippen LogP contribution in [0, 0.1) is 19.7 Å². The van der Waals surface area contributed by atoms with Crippen molar-refractivity contribution in [2.24, 2.45) is 0 Å². The molecular formula is C15H16FN3O3. The first kappa shape index (κ1) is 15.8. The molecule has 7 heteroatoms. The Morgan fingerprint density at radius 1 is 1.27 bits per heavy atom. The molecule has 1 aromatic carbocycles. The number of halogens is 1. The number of aryl methyl sites for hydroxylation is 2. The number of hydrogen-bond donors (Lipinski definition) is 2. The molecule has 1 aromatic heterocycles. The van der Waals surface area contributed by atoms with E-state index in [0.717, 1.165) is 6.07 Å². The van der Waals surface area contributed by atoms with Gasteiger partial charge >= 0.3 is 5.97 Å². The molecule has 116 valence electrons. The van der Waals surface area contributed by atoms with E-state index in [4.69, 9.17) is 5.11 Å². The van der Waals surface area contributed by atoms with Crippen molar-refractivity contribution < 1.29 is 19.1 Å². The molecule has 0 aliphatic carbocycles. The van der Waals surface area contributed by atoms with Crippen molar-refractivity contribution in [1.29, 1.82) is 0 Å². The number of benzene rings is 1. The largest absolute Gasteiger partial charge is 0.480 e. The Morgan fingerprint density at radius 2 is 1.91 bits per heavy atom. The van der Waals surface area contributed by atoms with Crippen LogP contribution in [0.3, 0.4) is 0 Å². The summed E-state index contributed by atoms with van der Waals surface area (Å²) >= 11 is 0. The Labute approximate surface area is 126 Å². The van der Waals surface area contributed by atoms with Crippen LogP contribution in [0.4, 0.5) is 4.39 Å². The maximum atomic E-state index is 13.7. The number of aromatic nitrogens is 2. The molecular weight excluding hydrogens is 289 g/mol. The summed E-state index contributed by atoms with van der Waals surface area (Å²) < 4.78 is 13.7. The molecule has 22 heavy (non-hydrogen) atoms. The highest BCUT2D eigenvalue weighted by Crippen LogP contribution is 2.19. The fraction of sp³-hybridized carbons (Fsp3) is 0.333. The van der Waals surface area contributed by atoms with Crippen molar-refractivity contribution >= 4 is 22.9 Å². The minimum absolute atomic E-state index is 0.0229. The summed E-state index contributed by atoms with van der Waals surface area (Å²) in [5.74, 6) is -2.45. The molecule has 0 spiro atoms. The van der Waals surface area contributed by atoms with Gasteiger partial charge in [-0.25, -0.2) is 19.2 Å². The van der Waals surface area contributed by atoms with Gasteiger partial charge in [0.05, 0.1) is 22.5 Å². The molecule has 0 radical (unpaired) electrons. The summed E-state index contributed by atoms with van der Waals surface area (Å²) in [7, 11) is 0. The maximum absolute atomic E-state index is 13.7. The summed E-state index contributed by atoms with van der Waals surface area (Å²) in [6, 6.07) is 1.20. The summed E-state index contributed by atoms with van der Waals surface area (Å²) in [6.45, 7) is 5.11. The van der Waals surface area contributed by atoms with Crippen molar-refractivity contribution in [3.8, 4) is 0 Å². The molecule has 1 unspecified atom stereocenters. The van der Waals surface area contributed by atoms with Gasteiger partial charge in [-0.2, -0.15) is 0 Å². The van der Waals surface area contributed by atoms with Crippen molar-refractivity contribution in [3.63, 3.8) is 0 Å².